The molecule has 1 fully saturated rings. The van der Waals surface area contributed by atoms with E-state index in [2.05, 4.69) is 12.1 Å². The summed E-state index contributed by atoms with van der Waals surface area (Å²) in [6, 6.07) is 29.6. The first-order valence-corrected chi connectivity index (χ1v) is 11.8. The Kier molecular flexibility index (Phi) is 3.85. The molecule has 1 saturated heterocycles. The smallest absolute Gasteiger partial charge is 0.239 e. The summed E-state index contributed by atoms with van der Waals surface area (Å²) in [5.74, 6) is -1.82. The molecule has 8 rings (SSSR count). The van der Waals surface area contributed by atoms with Crippen molar-refractivity contribution in [1.82, 2.24) is 0 Å². The van der Waals surface area contributed by atoms with E-state index in [4.69, 9.17) is 0 Å². The quantitative estimate of drug-likeness (QED) is 0.452. The van der Waals surface area contributed by atoms with Crippen LogP contribution in [0.1, 0.15) is 35.1 Å². The van der Waals surface area contributed by atoms with Crippen LogP contribution in [0.15, 0.2) is 91.0 Å². The van der Waals surface area contributed by atoms with Gasteiger partial charge in [-0.1, -0.05) is 84.9 Å². The van der Waals surface area contributed by atoms with E-state index < -0.39 is 23.4 Å². The third-order valence-corrected chi connectivity index (χ3v) is 8.35. The van der Waals surface area contributed by atoms with Gasteiger partial charge in [0.05, 0.1) is 29.0 Å². The second-order valence-electron chi connectivity index (χ2n) is 9.71. The van der Waals surface area contributed by atoms with E-state index in [9.17, 15) is 14.7 Å². The van der Waals surface area contributed by atoms with Crippen LogP contribution in [-0.2, 0) is 15.0 Å². The third-order valence-electron chi connectivity index (χ3n) is 8.35. The van der Waals surface area contributed by atoms with Crippen LogP contribution < -0.4 is 4.90 Å². The maximum atomic E-state index is 14.3. The van der Waals surface area contributed by atoms with Gasteiger partial charge in [0.25, 0.3) is 0 Å². The van der Waals surface area contributed by atoms with Crippen LogP contribution in [-0.4, -0.2) is 23.0 Å². The number of carbonyl (C=O) groups excluding carboxylic acids is 2. The van der Waals surface area contributed by atoms with Crippen LogP contribution in [0.5, 0.6) is 0 Å². The number of anilines is 1. The number of aliphatic hydroxyl groups excluding tert-OH is 1. The standard InChI is InChI=1S/C30H23NO3/c1-17(32)30-22-14-6-4-12-20(22)25(21-13-5-7-15-23(21)30)26-27(30)29(34)31(28(26)33)24-16-8-10-18-9-2-3-11-19(18)24/h2-17,25-27,32H,1H3/t17-,25?,26+,27-,30?/m0/s1. The fourth-order valence-corrected chi connectivity index (χ4v) is 7.18. The van der Waals surface area contributed by atoms with Crippen molar-refractivity contribution in [3.63, 3.8) is 0 Å². The molecule has 0 unspecified atom stereocenters. The Morgan fingerprint density at radius 3 is 2.03 bits per heavy atom. The average molecular weight is 446 g/mol. The van der Waals surface area contributed by atoms with Crippen molar-refractivity contribution in [3.8, 4) is 0 Å². The molecule has 4 aromatic carbocycles. The van der Waals surface area contributed by atoms with Crippen LogP contribution in [0.3, 0.4) is 0 Å². The largest absolute Gasteiger partial charge is 0.392 e. The maximum absolute atomic E-state index is 14.3. The first-order valence-electron chi connectivity index (χ1n) is 11.8. The summed E-state index contributed by atoms with van der Waals surface area (Å²) in [5.41, 5.74) is 3.68. The lowest BCUT2D eigenvalue weighted by Crippen LogP contribution is -2.58. The predicted octanol–water partition coefficient (Wildman–Crippen LogP) is 4.77. The maximum Gasteiger partial charge on any atom is 0.239 e. The number of imide groups is 1. The van der Waals surface area contributed by atoms with Crippen molar-refractivity contribution in [3.05, 3.63) is 113 Å². The van der Waals surface area contributed by atoms with E-state index in [1.165, 1.54) is 4.90 Å². The Balaban J connectivity index is 1.53. The fourth-order valence-electron chi connectivity index (χ4n) is 7.18. The summed E-state index contributed by atoms with van der Waals surface area (Å²) >= 11 is 0. The summed E-state index contributed by atoms with van der Waals surface area (Å²) in [7, 11) is 0. The van der Waals surface area contributed by atoms with Crippen LogP contribution in [0.4, 0.5) is 5.69 Å². The normalized spacial score (nSPS) is 27.5. The van der Waals surface area contributed by atoms with E-state index >= 15 is 0 Å². The molecular weight excluding hydrogens is 422 g/mol. The lowest BCUT2D eigenvalue weighted by atomic mass is 9.46. The highest BCUT2D eigenvalue weighted by atomic mass is 16.3. The van der Waals surface area contributed by atoms with Crippen molar-refractivity contribution >= 4 is 28.3 Å². The first-order chi connectivity index (χ1) is 16.6. The number of aliphatic hydroxyl groups is 1. The monoisotopic (exact) mass is 445 g/mol. The average Bonchev–Trinajstić information content (AvgIpc) is 3.14. The summed E-state index contributed by atoms with van der Waals surface area (Å²) in [6.45, 7) is 1.76. The van der Waals surface area contributed by atoms with Gasteiger partial charge in [-0.3, -0.25) is 9.59 Å². The Labute approximate surface area is 197 Å². The molecule has 34 heavy (non-hydrogen) atoms. The van der Waals surface area contributed by atoms with E-state index in [-0.39, 0.29) is 17.7 Å². The molecule has 166 valence electrons. The van der Waals surface area contributed by atoms with E-state index in [0.717, 1.165) is 33.0 Å². The topological polar surface area (TPSA) is 57.6 Å². The van der Waals surface area contributed by atoms with Gasteiger partial charge in [-0.25, -0.2) is 4.90 Å². The van der Waals surface area contributed by atoms with Crippen molar-refractivity contribution in [2.24, 2.45) is 11.8 Å². The predicted molar refractivity (Wildman–Crippen MR) is 131 cm³/mol. The van der Waals surface area contributed by atoms with Crippen LogP contribution in [0.25, 0.3) is 10.8 Å². The summed E-state index contributed by atoms with van der Waals surface area (Å²) in [4.78, 5) is 29.9. The Bertz CT molecular complexity index is 1470. The molecule has 4 nitrogen and oxygen atoms in total. The molecule has 0 spiro atoms. The molecule has 3 atom stereocenters. The van der Waals surface area contributed by atoms with Gasteiger partial charge in [-0.15, -0.1) is 0 Å². The van der Waals surface area contributed by atoms with Crippen LogP contribution >= 0.6 is 0 Å². The van der Waals surface area contributed by atoms with Gasteiger partial charge in [-0.05, 0) is 40.6 Å². The number of carbonyl (C=O) groups is 2. The number of amides is 2. The van der Waals surface area contributed by atoms with Crippen LogP contribution in [0.2, 0.25) is 0 Å². The third kappa shape index (κ3) is 2.13. The molecule has 4 aromatic rings. The van der Waals surface area contributed by atoms with E-state index in [1.54, 1.807) is 6.92 Å². The van der Waals surface area contributed by atoms with Gasteiger partial charge >= 0.3 is 0 Å². The lowest BCUT2D eigenvalue weighted by Gasteiger charge is -2.55. The van der Waals surface area contributed by atoms with Gasteiger partial charge in [0.2, 0.25) is 11.8 Å². The zero-order valence-corrected chi connectivity index (χ0v) is 18.7. The Hall–Kier alpha value is -3.76. The van der Waals surface area contributed by atoms with Crippen molar-refractivity contribution in [1.29, 1.82) is 0 Å². The molecule has 1 aliphatic heterocycles. The van der Waals surface area contributed by atoms with E-state index in [0.29, 0.717) is 5.69 Å². The number of benzene rings is 4. The minimum atomic E-state index is -0.974. The lowest BCUT2D eigenvalue weighted by molar-refractivity contribution is -0.126. The summed E-state index contributed by atoms with van der Waals surface area (Å²) < 4.78 is 0. The molecule has 1 heterocycles. The second kappa shape index (κ2) is 6.64. The second-order valence-corrected chi connectivity index (χ2v) is 9.71. The number of fused-ring (bicyclic) bond motifs is 1. The number of nitrogens with zero attached hydrogens (tertiary/aromatic N) is 1. The molecule has 1 N–H and O–H groups in total. The number of hydrogen-bond acceptors (Lipinski definition) is 3. The molecule has 3 aliphatic carbocycles. The molecule has 0 saturated carbocycles. The molecule has 4 aliphatic rings. The zero-order valence-electron chi connectivity index (χ0n) is 18.7. The Morgan fingerprint density at radius 1 is 0.765 bits per heavy atom. The van der Waals surface area contributed by atoms with Gasteiger partial charge in [0.15, 0.2) is 0 Å². The van der Waals surface area contributed by atoms with Gasteiger partial charge in [0.1, 0.15) is 0 Å². The zero-order chi connectivity index (χ0) is 23.2. The summed E-state index contributed by atoms with van der Waals surface area (Å²) in [5, 5.41) is 13.3. The highest BCUT2D eigenvalue weighted by Crippen LogP contribution is 2.65. The molecular formula is C30H23NO3. The fraction of sp³-hybridized carbons (Fsp3) is 0.200. The molecule has 4 heteroatoms. The van der Waals surface area contributed by atoms with Gasteiger partial charge in [-0.2, -0.15) is 0 Å². The molecule has 0 aromatic heterocycles. The summed E-state index contributed by atoms with van der Waals surface area (Å²) in [6.07, 6.45) is -0.854. The van der Waals surface area contributed by atoms with Gasteiger partial charge in [0, 0.05) is 11.3 Å². The van der Waals surface area contributed by atoms with Crippen molar-refractivity contribution < 1.29 is 14.7 Å². The minimum Gasteiger partial charge on any atom is -0.392 e. The van der Waals surface area contributed by atoms with E-state index in [1.807, 2.05) is 78.9 Å². The van der Waals surface area contributed by atoms with Crippen molar-refractivity contribution in [2.75, 3.05) is 4.90 Å². The van der Waals surface area contributed by atoms with Gasteiger partial charge < -0.3 is 5.11 Å². The first kappa shape index (κ1) is 19.7. The molecule has 2 amide bonds. The molecule has 0 radical (unpaired) electrons. The van der Waals surface area contributed by atoms with Crippen LogP contribution in [0, 0.1) is 11.8 Å². The SMILES string of the molecule is C[C@H](O)C12c3ccccc3C(c3ccccc31)[C@H]1C(=O)N(c3cccc4ccccc34)C(=O)[C@H]12. The highest BCUT2D eigenvalue weighted by Gasteiger charge is 2.69. The number of hydrogen-bond donors (Lipinski definition) is 1. The van der Waals surface area contributed by atoms with Crippen molar-refractivity contribution in [2.45, 2.75) is 24.4 Å². The number of rotatable bonds is 2. The Morgan fingerprint density at radius 2 is 1.35 bits per heavy atom. The minimum absolute atomic E-state index is 0.176. The highest BCUT2D eigenvalue weighted by molar-refractivity contribution is 6.26. The molecule has 2 bridgehead atoms.